The lowest BCUT2D eigenvalue weighted by Crippen LogP contribution is -2.13. The molecule has 1 aromatic carbocycles. The standard InChI is InChI=1S/C12H10F3N3O/c13-12(14,15)9-4-2-1-3-8(9)6-16-10-5-11(19)18-7-17-10/h1-5,7H,6H2,(H2,16,17,18,19). The van der Waals surface area contributed by atoms with Gasteiger partial charge in [0.15, 0.2) is 0 Å². The number of alkyl halides is 3. The van der Waals surface area contributed by atoms with Gasteiger partial charge in [-0.15, -0.1) is 0 Å². The predicted octanol–water partition coefficient (Wildman–Crippen LogP) is 2.40. The summed E-state index contributed by atoms with van der Waals surface area (Å²) in [6, 6.07) is 6.43. The molecule has 0 radical (unpaired) electrons. The van der Waals surface area contributed by atoms with E-state index in [4.69, 9.17) is 0 Å². The molecule has 0 atom stereocenters. The fourth-order valence-electron chi connectivity index (χ4n) is 1.60. The van der Waals surface area contributed by atoms with Crippen molar-refractivity contribution in [3.05, 3.63) is 58.1 Å². The first-order valence-electron chi connectivity index (χ1n) is 5.40. The van der Waals surface area contributed by atoms with Crippen molar-refractivity contribution in [1.82, 2.24) is 9.97 Å². The molecule has 2 rings (SSSR count). The van der Waals surface area contributed by atoms with Crippen LogP contribution >= 0.6 is 0 Å². The largest absolute Gasteiger partial charge is 0.416 e. The lowest BCUT2D eigenvalue weighted by Gasteiger charge is -2.13. The molecule has 0 saturated heterocycles. The Morgan fingerprint density at radius 1 is 1.26 bits per heavy atom. The summed E-state index contributed by atoms with van der Waals surface area (Å²) in [5.41, 5.74) is -0.981. The molecule has 0 fully saturated rings. The van der Waals surface area contributed by atoms with E-state index in [1.165, 1.54) is 30.6 Å². The highest BCUT2D eigenvalue weighted by Gasteiger charge is 2.32. The van der Waals surface area contributed by atoms with Crippen LogP contribution in [-0.2, 0) is 12.7 Å². The molecule has 0 bridgehead atoms. The van der Waals surface area contributed by atoms with Gasteiger partial charge in [0, 0.05) is 12.6 Å². The van der Waals surface area contributed by atoms with Crippen LogP contribution in [0.4, 0.5) is 19.0 Å². The van der Waals surface area contributed by atoms with Crippen LogP contribution in [0.15, 0.2) is 41.5 Å². The average molecular weight is 269 g/mol. The fraction of sp³-hybridized carbons (Fsp3) is 0.167. The van der Waals surface area contributed by atoms with E-state index in [1.54, 1.807) is 0 Å². The van der Waals surface area contributed by atoms with E-state index in [1.807, 2.05) is 0 Å². The summed E-state index contributed by atoms with van der Waals surface area (Å²) in [7, 11) is 0. The highest BCUT2D eigenvalue weighted by molar-refractivity contribution is 5.37. The van der Waals surface area contributed by atoms with Crippen LogP contribution < -0.4 is 10.9 Å². The summed E-state index contributed by atoms with van der Waals surface area (Å²) < 4.78 is 38.2. The number of nitrogens with one attached hydrogen (secondary N) is 2. The van der Waals surface area contributed by atoms with Crippen molar-refractivity contribution < 1.29 is 13.2 Å². The first-order valence-corrected chi connectivity index (χ1v) is 5.40. The zero-order valence-electron chi connectivity index (χ0n) is 9.66. The third-order valence-corrected chi connectivity index (χ3v) is 2.46. The molecule has 0 aliphatic heterocycles. The third-order valence-electron chi connectivity index (χ3n) is 2.46. The maximum absolute atomic E-state index is 12.7. The van der Waals surface area contributed by atoms with Gasteiger partial charge in [-0.1, -0.05) is 18.2 Å². The second-order valence-corrected chi connectivity index (χ2v) is 3.80. The van der Waals surface area contributed by atoms with Gasteiger partial charge in [-0.3, -0.25) is 4.79 Å². The van der Waals surface area contributed by atoms with Gasteiger partial charge in [0.05, 0.1) is 11.9 Å². The zero-order valence-corrected chi connectivity index (χ0v) is 9.66. The Labute approximate surface area is 106 Å². The highest BCUT2D eigenvalue weighted by Crippen LogP contribution is 2.31. The normalized spacial score (nSPS) is 11.3. The lowest BCUT2D eigenvalue weighted by molar-refractivity contribution is -0.138. The number of aromatic nitrogens is 2. The van der Waals surface area contributed by atoms with Crippen molar-refractivity contribution >= 4 is 5.82 Å². The Bertz CT molecular complexity index is 622. The van der Waals surface area contributed by atoms with Gasteiger partial charge in [0.1, 0.15) is 5.82 Å². The van der Waals surface area contributed by atoms with Crippen LogP contribution in [0, 0.1) is 0 Å². The Hall–Kier alpha value is -2.31. The van der Waals surface area contributed by atoms with Crippen molar-refractivity contribution in [1.29, 1.82) is 0 Å². The van der Waals surface area contributed by atoms with E-state index in [0.29, 0.717) is 0 Å². The molecule has 7 heteroatoms. The second-order valence-electron chi connectivity index (χ2n) is 3.80. The van der Waals surface area contributed by atoms with Crippen molar-refractivity contribution in [2.24, 2.45) is 0 Å². The molecule has 2 aromatic rings. The number of nitrogens with zero attached hydrogens (tertiary/aromatic N) is 1. The van der Waals surface area contributed by atoms with E-state index in [0.717, 1.165) is 6.07 Å². The first kappa shape index (κ1) is 13.1. The number of hydrogen-bond acceptors (Lipinski definition) is 3. The smallest absolute Gasteiger partial charge is 0.366 e. The quantitative estimate of drug-likeness (QED) is 0.899. The van der Waals surface area contributed by atoms with Crippen LogP contribution in [0.5, 0.6) is 0 Å². The number of aromatic amines is 1. The molecule has 1 heterocycles. The summed E-state index contributed by atoms with van der Waals surface area (Å²) in [4.78, 5) is 17.1. The summed E-state index contributed by atoms with van der Waals surface area (Å²) in [5, 5.41) is 2.68. The molecule has 19 heavy (non-hydrogen) atoms. The summed E-state index contributed by atoms with van der Waals surface area (Å²) in [5.74, 6) is 0.223. The van der Waals surface area contributed by atoms with Crippen molar-refractivity contribution in [2.75, 3.05) is 5.32 Å². The molecule has 0 aliphatic rings. The lowest BCUT2D eigenvalue weighted by atomic mass is 10.1. The fourth-order valence-corrected chi connectivity index (χ4v) is 1.60. The summed E-state index contributed by atoms with van der Waals surface area (Å²) in [6.45, 7) is -0.0634. The molecule has 0 amide bonds. The van der Waals surface area contributed by atoms with Gasteiger partial charge in [0.25, 0.3) is 5.56 Å². The minimum atomic E-state index is -4.40. The number of hydrogen-bond donors (Lipinski definition) is 2. The maximum Gasteiger partial charge on any atom is 0.416 e. The Morgan fingerprint density at radius 2 is 2.00 bits per heavy atom. The van der Waals surface area contributed by atoms with Gasteiger partial charge in [-0.2, -0.15) is 13.2 Å². The average Bonchev–Trinajstić information content (AvgIpc) is 2.36. The molecule has 4 nitrogen and oxygen atoms in total. The third kappa shape index (κ3) is 3.34. The molecule has 2 N–H and O–H groups in total. The van der Waals surface area contributed by atoms with E-state index in [9.17, 15) is 18.0 Å². The summed E-state index contributed by atoms with van der Waals surface area (Å²) in [6.07, 6.45) is -3.22. The molecular weight excluding hydrogens is 259 g/mol. The summed E-state index contributed by atoms with van der Waals surface area (Å²) >= 11 is 0. The second kappa shape index (κ2) is 5.13. The van der Waals surface area contributed by atoms with Crippen molar-refractivity contribution in [3.63, 3.8) is 0 Å². The molecular formula is C12H10F3N3O. The number of H-pyrrole nitrogens is 1. The van der Waals surface area contributed by atoms with Gasteiger partial charge in [0.2, 0.25) is 0 Å². The number of anilines is 1. The Morgan fingerprint density at radius 3 is 2.68 bits per heavy atom. The van der Waals surface area contributed by atoms with E-state index >= 15 is 0 Å². The van der Waals surface area contributed by atoms with Gasteiger partial charge < -0.3 is 10.3 Å². The van der Waals surface area contributed by atoms with Crippen molar-refractivity contribution in [2.45, 2.75) is 12.7 Å². The first-order chi connectivity index (χ1) is 8.97. The minimum Gasteiger partial charge on any atom is -0.366 e. The molecule has 0 unspecified atom stereocenters. The van der Waals surface area contributed by atoms with Crippen molar-refractivity contribution in [3.8, 4) is 0 Å². The molecule has 100 valence electrons. The van der Waals surface area contributed by atoms with E-state index in [-0.39, 0.29) is 23.5 Å². The monoisotopic (exact) mass is 269 g/mol. The zero-order chi connectivity index (χ0) is 13.9. The number of rotatable bonds is 3. The predicted molar refractivity (Wildman–Crippen MR) is 63.6 cm³/mol. The highest BCUT2D eigenvalue weighted by atomic mass is 19.4. The van der Waals surface area contributed by atoms with Crippen LogP contribution in [0.3, 0.4) is 0 Å². The van der Waals surface area contributed by atoms with Crippen LogP contribution in [-0.4, -0.2) is 9.97 Å². The van der Waals surface area contributed by atoms with Crippen LogP contribution in [0.2, 0.25) is 0 Å². The van der Waals surface area contributed by atoms with Gasteiger partial charge in [-0.05, 0) is 11.6 Å². The molecule has 1 aromatic heterocycles. The minimum absolute atomic E-state index is 0.0634. The topological polar surface area (TPSA) is 57.8 Å². The van der Waals surface area contributed by atoms with E-state index < -0.39 is 11.7 Å². The molecule has 0 aliphatic carbocycles. The van der Waals surface area contributed by atoms with Gasteiger partial charge >= 0.3 is 6.18 Å². The van der Waals surface area contributed by atoms with Crippen LogP contribution in [0.1, 0.15) is 11.1 Å². The van der Waals surface area contributed by atoms with E-state index in [2.05, 4.69) is 15.3 Å². The number of benzene rings is 1. The maximum atomic E-state index is 12.7. The Balaban J connectivity index is 2.18. The number of halogens is 3. The molecule has 0 saturated carbocycles. The van der Waals surface area contributed by atoms with Gasteiger partial charge in [-0.25, -0.2) is 4.98 Å². The Kier molecular flexibility index (Phi) is 3.55. The van der Waals surface area contributed by atoms with Crippen LogP contribution in [0.25, 0.3) is 0 Å². The molecule has 0 spiro atoms. The SMILES string of the molecule is O=c1cc(NCc2ccccc2C(F)(F)F)nc[nH]1.